The Balaban J connectivity index is -0.000000274. The molecule has 0 radical (unpaired) electrons. The molecular formula is C46H80O5. The maximum atomic E-state index is 10.3. The fourth-order valence-corrected chi connectivity index (χ4v) is 4.66. The third-order valence-corrected chi connectivity index (χ3v) is 7.04. The van der Waals surface area contributed by atoms with Crippen molar-refractivity contribution in [3.05, 3.63) is 138 Å². The molecule has 2 aromatic carbocycles. The second kappa shape index (κ2) is 55.8. The lowest BCUT2D eigenvalue weighted by Gasteiger charge is -2.11. The van der Waals surface area contributed by atoms with Gasteiger partial charge in [-0.25, -0.2) is 0 Å². The molecule has 0 saturated heterocycles. The van der Waals surface area contributed by atoms with Crippen LogP contribution >= 0.6 is 0 Å². The minimum Gasteiger partial charge on any atom is -0.508 e. The van der Waals surface area contributed by atoms with Crippen LogP contribution in [-0.4, -0.2) is 33.6 Å². The van der Waals surface area contributed by atoms with Gasteiger partial charge in [0.05, 0.1) is 26.4 Å². The molecule has 51 heavy (non-hydrogen) atoms. The van der Waals surface area contributed by atoms with Crippen molar-refractivity contribution in [2.75, 3.05) is 13.2 Å². The second-order valence-corrected chi connectivity index (χ2v) is 10.6. The Bertz CT molecular complexity index is 860. The van der Waals surface area contributed by atoms with Crippen LogP contribution in [-0.2, 0) is 30.8 Å². The largest absolute Gasteiger partial charge is 0.508 e. The van der Waals surface area contributed by atoms with Crippen molar-refractivity contribution >= 4 is 0 Å². The molecule has 0 atom stereocenters. The van der Waals surface area contributed by atoms with Crippen molar-refractivity contribution in [3.8, 4) is 11.5 Å². The van der Waals surface area contributed by atoms with Crippen LogP contribution in [0.4, 0.5) is 0 Å². The zero-order valence-electron chi connectivity index (χ0n) is 33.3. The van der Waals surface area contributed by atoms with E-state index in [4.69, 9.17) is 14.9 Å². The summed E-state index contributed by atoms with van der Waals surface area (Å²) in [6, 6.07) is 11.8. The van der Waals surface area contributed by atoms with Crippen LogP contribution in [0.2, 0.25) is 0 Å². The van der Waals surface area contributed by atoms with Crippen LogP contribution in [0.5, 0.6) is 11.5 Å². The van der Waals surface area contributed by atoms with Gasteiger partial charge in [-0.3, -0.25) is 0 Å². The van der Waals surface area contributed by atoms with E-state index in [-0.39, 0.29) is 24.7 Å². The normalized spacial score (nSPS) is 8.78. The van der Waals surface area contributed by atoms with Gasteiger partial charge < -0.3 is 25.2 Å². The lowest BCUT2D eigenvalue weighted by Crippen LogP contribution is -1.98. The van der Waals surface area contributed by atoms with Gasteiger partial charge >= 0.3 is 0 Å². The van der Waals surface area contributed by atoms with Gasteiger partial charge in [-0.2, -0.15) is 0 Å². The van der Waals surface area contributed by atoms with Crippen molar-refractivity contribution < 1.29 is 25.2 Å². The van der Waals surface area contributed by atoms with Gasteiger partial charge in [0, 0.05) is 11.1 Å². The van der Waals surface area contributed by atoms with Crippen LogP contribution in [0.25, 0.3) is 0 Å². The van der Waals surface area contributed by atoms with E-state index < -0.39 is 0 Å². The van der Waals surface area contributed by atoms with Gasteiger partial charge in [0.15, 0.2) is 0 Å². The van der Waals surface area contributed by atoms with Crippen molar-refractivity contribution in [2.24, 2.45) is 0 Å². The highest BCUT2D eigenvalue weighted by Crippen LogP contribution is 2.24. The monoisotopic (exact) mass is 713 g/mol. The second-order valence-electron chi connectivity index (χ2n) is 10.6. The van der Waals surface area contributed by atoms with E-state index in [9.17, 15) is 10.2 Å². The van der Waals surface area contributed by atoms with Crippen LogP contribution in [0.3, 0.4) is 0 Å². The fourth-order valence-electron chi connectivity index (χ4n) is 4.66. The summed E-state index contributed by atoms with van der Waals surface area (Å²) in [5, 5.41) is 35.8. The molecule has 2 rings (SSSR count). The molecule has 2 aromatic rings. The van der Waals surface area contributed by atoms with Gasteiger partial charge in [0.1, 0.15) is 11.5 Å². The average molecular weight is 713 g/mol. The van der Waals surface area contributed by atoms with Gasteiger partial charge in [0.2, 0.25) is 0 Å². The summed E-state index contributed by atoms with van der Waals surface area (Å²) in [4.78, 5) is 0. The standard InChI is InChI=1S/C32H50O3.C2H6O2.6C2H4/c1-3-5-7-9-11-13-15-17-27-19-21-31(33)29(23-27)25-35-26-30-24-28(20-22-32(30)34)18-16-14-12-10-8-6-4-2;3-1-2-4;6*1-2/h19-24,33-34H,3-18,25-26H2,1-2H3;3-4H,1-2H2;6*1-2H2. The number of aliphatic hydroxyl groups excluding tert-OH is 2. The number of aromatic hydroxyl groups is 2. The summed E-state index contributed by atoms with van der Waals surface area (Å²) in [5.41, 5.74) is 4.16. The average Bonchev–Trinajstić information content (AvgIpc) is 3.21. The smallest absolute Gasteiger partial charge is 0.121 e. The van der Waals surface area contributed by atoms with E-state index in [0.717, 1.165) is 24.0 Å². The highest BCUT2D eigenvalue weighted by atomic mass is 16.5. The zero-order valence-corrected chi connectivity index (χ0v) is 33.3. The summed E-state index contributed by atoms with van der Waals surface area (Å²) < 4.78 is 5.92. The molecule has 0 aliphatic heterocycles. The summed E-state index contributed by atoms with van der Waals surface area (Å²) in [6.45, 7) is 40.9. The van der Waals surface area contributed by atoms with E-state index in [0.29, 0.717) is 13.2 Å². The predicted octanol–water partition coefficient (Wildman–Crippen LogP) is 13.2. The molecule has 0 heterocycles. The summed E-state index contributed by atoms with van der Waals surface area (Å²) in [7, 11) is 0. The van der Waals surface area contributed by atoms with Gasteiger partial charge in [-0.1, -0.05) is 103 Å². The van der Waals surface area contributed by atoms with E-state index in [2.05, 4.69) is 105 Å². The molecule has 0 spiro atoms. The predicted molar refractivity (Wildman–Crippen MR) is 230 cm³/mol. The third-order valence-electron chi connectivity index (χ3n) is 7.04. The molecule has 0 aliphatic carbocycles. The highest BCUT2D eigenvalue weighted by Gasteiger charge is 2.07. The molecule has 0 aliphatic rings. The number of phenolic OH excluding ortho intramolecular Hbond substituents is 2. The molecule has 294 valence electrons. The maximum absolute atomic E-state index is 10.3. The minimum atomic E-state index is -0.125. The first-order valence-electron chi connectivity index (χ1n) is 18.5. The van der Waals surface area contributed by atoms with Crippen molar-refractivity contribution in [1.82, 2.24) is 0 Å². The molecule has 5 nitrogen and oxygen atoms in total. The first-order chi connectivity index (χ1) is 25.0. The fraction of sp³-hybridized carbons (Fsp3) is 0.478. The Labute approximate surface area is 316 Å². The highest BCUT2D eigenvalue weighted by molar-refractivity contribution is 5.37. The van der Waals surface area contributed by atoms with Crippen molar-refractivity contribution in [1.29, 1.82) is 0 Å². The van der Waals surface area contributed by atoms with E-state index in [1.54, 1.807) is 12.1 Å². The van der Waals surface area contributed by atoms with Gasteiger partial charge in [0.25, 0.3) is 0 Å². The molecule has 0 fully saturated rings. The summed E-state index contributed by atoms with van der Waals surface area (Å²) >= 11 is 0. The quantitative estimate of drug-likeness (QED) is 0.0764. The Hall–Kier alpha value is -3.64. The molecule has 0 amide bonds. The molecule has 0 saturated carbocycles. The number of benzene rings is 2. The summed E-state index contributed by atoms with van der Waals surface area (Å²) in [6.07, 6.45) is 20.3. The Morgan fingerprint density at radius 2 is 0.706 bits per heavy atom. The lowest BCUT2D eigenvalue weighted by molar-refractivity contribution is 0.104. The van der Waals surface area contributed by atoms with Gasteiger partial charge in [-0.05, 0) is 61.1 Å². The number of ether oxygens (including phenoxy) is 1. The molecule has 5 heteroatoms. The van der Waals surface area contributed by atoms with Crippen molar-refractivity contribution in [3.63, 3.8) is 0 Å². The van der Waals surface area contributed by atoms with Gasteiger partial charge in [-0.15, -0.1) is 78.9 Å². The van der Waals surface area contributed by atoms with Crippen LogP contribution < -0.4 is 0 Å². The van der Waals surface area contributed by atoms with Crippen LogP contribution in [0, 0.1) is 0 Å². The van der Waals surface area contributed by atoms with E-state index in [1.165, 1.54) is 101 Å². The number of aryl methyl sites for hydroxylation is 2. The molecule has 4 N–H and O–H groups in total. The number of unbranched alkanes of at least 4 members (excludes halogenated alkanes) is 12. The number of hydrogen-bond acceptors (Lipinski definition) is 5. The number of phenols is 2. The lowest BCUT2D eigenvalue weighted by atomic mass is 10.0. The minimum absolute atomic E-state index is 0.125. The third kappa shape index (κ3) is 40.7. The molecule has 0 aromatic heterocycles. The van der Waals surface area contributed by atoms with Crippen LogP contribution in [0.1, 0.15) is 126 Å². The Morgan fingerprint density at radius 1 is 0.431 bits per heavy atom. The SMILES string of the molecule is C=C.C=C.C=C.C=C.C=C.C=C.CCCCCCCCCc1ccc(O)c(COCc2cc(CCCCCCCCC)ccc2O)c1.OCCO. The number of aliphatic hydroxyl groups is 2. The van der Waals surface area contributed by atoms with Crippen molar-refractivity contribution in [2.45, 2.75) is 130 Å². The number of hydrogen-bond donors (Lipinski definition) is 4. The van der Waals surface area contributed by atoms with Crippen LogP contribution in [0.15, 0.2) is 115 Å². The maximum Gasteiger partial charge on any atom is 0.121 e. The zero-order chi connectivity index (χ0) is 40.6. The van der Waals surface area contributed by atoms with E-state index >= 15 is 0 Å². The topological polar surface area (TPSA) is 90.2 Å². The first-order valence-corrected chi connectivity index (χ1v) is 18.5. The molecule has 0 bridgehead atoms. The Morgan fingerprint density at radius 3 is 0.980 bits per heavy atom. The summed E-state index contributed by atoms with van der Waals surface area (Å²) in [5.74, 6) is 0.565. The first kappa shape index (κ1) is 59.5. The molecular weight excluding hydrogens is 633 g/mol. The number of rotatable bonds is 21. The van der Waals surface area contributed by atoms with E-state index in [1.807, 2.05) is 12.1 Å². The molecule has 0 unspecified atom stereocenters. The Kier molecular flexibility index (Phi) is 65.1.